The number of hydrogen-bond acceptors (Lipinski definition) is 3. The van der Waals surface area contributed by atoms with Crippen molar-refractivity contribution in [1.29, 1.82) is 0 Å². The van der Waals surface area contributed by atoms with Crippen molar-refractivity contribution in [2.75, 3.05) is 6.61 Å². The second-order valence-corrected chi connectivity index (χ2v) is 9.57. The van der Waals surface area contributed by atoms with E-state index in [1.807, 2.05) is 6.92 Å². The number of ether oxygens (including phenoxy) is 1. The molecule has 0 aromatic carbocycles. The molecule has 0 radical (unpaired) electrons. The minimum absolute atomic E-state index is 0.0140. The van der Waals surface area contributed by atoms with Crippen LogP contribution < -0.4 is 0 Å². The van der Waals surface area contributed by atoms with E-state index in [2.05, 4.69) is 13.8 Å². The van der Waals surface area contributed by atoms with Crippen LogP contribution in [0.25, 0.3) is 0 Å². The Morgan fingerprint density at radius 1 is 0.774 bits per heavy atom. The lowest BCUT2D eigenvalue weighted by molar-refractivity contribution is -0.134. The molecule has 1 fully saturated rings. The first kappa shape index (κ1) is 28.0. The van der Waals surface area contributed by atoms with E-state index < -0.39 is 6.09 Å². The Labute approximate surface area is 192 Å². The summed E-state index contributed by atoms with van der Waals surface area (Å²) >= 11 is 0. The number of carbonyl (C=O) groups is 2. The van der Waals surface area contributed by atoms with Gasteiger partial charge in [0.25, 0.3) is 0 Å². The van der Waals surface area contributed by atoms with Crippen LogP contribution in [0.3, 0.4) is 0 Å². The van der Waals surface area contributed by atoms with Gasteiger partial charge in [0.2, 0.25) is 5.91 Å². The molecule has 1 saturated heterocycles. The lowest BCUT2D eigenvalue weighted by atomic mass is 9.92. The van der Waals surface area contributed by atoms with Crippen molar-refractivity contribution in [2.24, 2.45) is 5.92 Å². The first-order valence-corrected chi connectivity index (χ1v) is 13.6. The molecule has 1 heterocycles. The Morgan fingerprint density at radius 2 is 1.19 bits per heavy atom. The molecule has 0 unspecified atom stereocenters. The molecule has 0 aliphatic carbocycles. The van der Waals surface area contributed by atoms with E-state index in [-0.39, 0.29) is 17.9 Å². The number of unbranched alkanes of at least 4 members (excludes halogenated alkanes) is 14. The summed E-state index contributed by atoms with van der Waals surface area (Å²) in [5, 5.41) is 0. The van der Waals surface area contributed by atoms with Gasteiger partial charge in [0.15, 0.2) is 0 Å². The number of rotatable bonds is 20. The smallest absolute Gasteiger partial charge is 0.416 e. The topological polar surface area (TPSA) is 46.6 Å². The first-order valence-electron chi connectivity index (χ1n) is 13.6. The maximum absolute atomic E-state index is 13.2. The van der Waals surface area contributed by atoms with E-state index in [0.29, 0.717) is 6.61 Å². The molecule has 1 rings (SSSR count). The summed E-state index contributed by atoms with van der Waals surface area (Å²) in [6.45, 7) is 6.88. The molecule has 1 aliphatic rings. The minimum Gasteiger partial charge on any atom is -0.447 e. The minimum atomic E-state index is -0.424. The number of amides is 2. The van der Waals surface area contributed by atoms with Crippen molar-refractivity contribution in [3.05, 3.63) is 0 Å². The van der Waals surface area contributed by atoms with E-state index in [9.17, 15) is 9.59 Å². The number of cyclic esters (lactones) is 1. The SMILES string of the molecule is CCCCCCCCCCCCC[C@@H](CCCCCCC)C(=O)N1C(=O)OC[C@@H]1CC. The van der Waals surface area contributed by atoms with Crippen LogP contribution in [0.15, 0.2) is 0 Å². The van der Waals surface area contributed by atoms with Gasteiger partial charge >= 0.3 is 6.09 Å². The molecule has 2 amide bonds. The third kappa shape index (κ3) is 11.9. The van der Waals surface area contributed by atoms with Crippen molar-refractivity contribution >= 4 is 12.0 Å². The maximum Gasteiger partial charge on any atom is 0.416 e. The van der Waals surface area contributed by atoms with Crippen molar-refractivity contribution in [3.63, 3.8) is 0 Å². The van der Waals surface area contributed by atoms with Gasteiger partial charge in [-0.3, -0.25) is 4.79 Å². The fourth-order valence-corrected chi connectivity index (χ4v) is 4.67. The largest absolute Gasteiger partial charge is 0.447 e. The third-order valence-electron chi connectivity index (χ3n) is 6.83. The summed E-state index contributed by atoms with van der Waals surface area (Å²) in [5.41, 5.74) is 0. The number of carbonyl (C=O) groups excluding carboxylic acids is 2. The molecule has 0 saturated carbocycles. The summed E-state index contributed by atoms with van der Waals surface area (Å²) < 4.78 is 5.18. The monoisotopic (exact) mass is 437 g/mol. The molecular weight excluding hydrogens is 386 g/mol. The molecule has 1 aliphatic heterocycles. The first-order chi connectivity index (χ1) is 15.2. The predicted molar refractivity (Wildman–Crippen MR) is 130 cm³/mol. The summed E-state index contributed by atoms with van der Waals surface area (Å²) in [7, 11) is 0. The van der Waals surface area contributed by atoms with Gasteiger partial charge in [0, 0.05) is 5.92 Å². The molecule has 31 heavy (non-hydrogen) atoms. The van der Waals surface area contributed by atoms with Gasteiger partial charge in [-0.1, -0.05) is 124 Å². The number of imide groups is 1. The van der Waals surface area contributed by atoms with Crippen LogP contribution in [0.2, 0.25) is 0 Å². The summed E-state index contributed by atoms with van der Waals surface area (Å²) in [6, 6.07) is -0.0695. The Morgan fingerprint density at radius 3 is 1.61 bits per heavy atom. The lowest BCUT2D eigenvalue weighted by Gasteiger charge is -2.24. The number of hydrogen-bond donors (Lipinski definition) is 0. The zero-order valence-corrected chi connectivity index (χ0v) is 21.0. The second kappa shape index (κ2) is 18.5. The zero-order valence-electron chi connectivity index (χ0n) is 21.0. The quantitative estimate of drug-likeness (QED) is 0.180. The Balaban J connectivity index is 2.32. The Kier molecular flexibility index (Phi) is 16.7. The molecule has 182 valence electrons. The molecular formula is C27H51NO3. The number of nitrogens with zero attached hydrogens (tertiary/aromatic N) is 1. The van der Waals surface area contributed by atoms with E-state index in [4.69, 9.17) is 4.74 Å². The van der Waals surface area contributed by atoms with E-state index in [0.717, 1.165) is 32.1 Å². The van der Waals surface area contributed by atoms with Gasteiger partial charge in [-0.2, -0.15) is 0 Å². The van der Waals surface area contributed by atoms with Crippen molar-refractivity contribution in [3.8, 4) is 0 Å². The fraction of sp³-hybridized carbons (Fsp3) is 0.926. The van der Waals surface area contributed by atoms with Gasteiger partial charge in [-0.05, 0) is 19.3 Å². The normalized spacial score (nSPS) is 17.2. The molecule has 0 aromatic heterocycles. The summed E-state index contributed by atoms with van der Waals surface area (Å²) in [6.07, 6.45) is 22.7. The van der Waals surface area contributed by atoms with Crippen LogP contribution in [0, 0.1) is 5.92 Å². The highest BCUT2D eigenvalue weighted by Crippen LogP contribution is 2.25. The van der Waals surface area contributed by atoms with Crippen LogP contribution in [0.1, 0.15) is 143 Å². The van der Waals surface area contributed by atoms with Crippen molar-refractivity contribution in [1.82, 2.24) is 4.90 Å². The second-order valence-electron chi connectivity index (χ2n) is 9.57. The van der Waals surface area contributed by atoms with Crippen LogP contribution in [0.5, 0.6) is 0 Å². The van der Waals surface area contributed by atoms with Gasteiger partial charge < -0.3 is 4.74 Å². The standard InChI is InChI=1S/C27H51NO3/c1-4-7-9-11-12-13-14-15-16-18-20-22-24(21-19-17-10-8-5-2)26(29)28-25(6-3)23-31-27(28)30/h24-25H,4-23H2,1-3H3/t24-,25+/m1/s1. The van der Waals surface area contributed by atoms with Crippen molar-refractivity contribution < 1.29 is 14.3 Å². The van der Waals surface area contributed by atoms with Crippen LogP contribution in [-0.4, -0.2) is 29.5 Å². The highest BCUT2D eigenvalue weighted by atomic mass is 16.6. The molecule has 0 bridgehead atoms. The van der Waals surface area contributed by atoms with Crippen LogP contribution >= 0.6 is 0 Å². The molecule has 4 heteroatoms. The highest BCUT2D eigenvalue weighted by Gasteiger charge is 2.39. The van der Waals surface area contributed by atoms with Crippen LogP contribution in [0.4, 0.5) is 4.79 Å². The molecule has 0 aromatic rings. The molecule has 0 N–H and O–H groups in total. The van der Waals surface area contributed by atoms with Gasteiger partial charge in [-0.15, -0.1) is 0 Å². The van der Waals surface area contributed by atoms with Crippen molar-refractivity contribution in [2.45, 2.75) is 149 Å². The summed E-state index contributed by atoms with van der Waals surface area (Å²) in [4.78, 5) is 26.8. The third-order valence-corrected chi connectivity index (χ3v) is 6.83. The van der Waals surface area contributed by atoms with E-state index in [1.165, 1.54) is 94.8 Å². The Hall–Kier alpha value is -1.06. The Bertz CT molecular complexity index is 465. The predicted octanol–water partition coefficient (Wildman–Crippen LogP) is 8.42. The van der Waals surface area contributed by atoms with E-state index >= 15 is 0 Å². The van der Waals surface area contributed by atoms with Gasteiger partial charge in [0.05, 0.1) is 6.04 Å². The summed E-state index contributed by atoms with van der Waals surface area (Å²) in [5.74, 6) is 0.0109. The lowest BCUT2D eigenvalue weighted by Crippen LogP contribution is -2.42. The maximum atomic E-state index is 13.2. The zero-order chi connectivity index (χ0) is 22.7. The molecule has 4 nitrogen and oxygen atoms in total. The average molecular weight is 438 g/mol. The molecule has 2 atom stereocenters. The van der Waals surface area contributed by atoms with E-state index in [1.54, 1.807) is 0 Å². The fourth-order valence-electron chi connectivity index (χ4n) is 4.67. The van der Waals surface area contributed by atoms with Gasteiger partial charge in [-0.25, -0.2) is 9.69 Å². The van der Waals surface area contributed by atoms with Crippen LogP contribution in [-0.2, 0) is 9.53 Å². The molecule has 0 spiro atoms. The highest BCUT2D eigenvalue weighted by molar-refractivity contribution is 5.94. The average Bonchev–Trinajstić information content (AvgIpc) is 3.15. The van der Waals surface area contributed by atoms with Gasteiger partial charge in [0.1, 0.15) is 6.61 Å².